The number of rotatable bonds is 11. The molecule has 0 saturated carbocycles. The van der Waals surface area contributed by atoms with Gasteiger partial charge in [-0.1, -0.05) is 43.5 Å². The number of likely N-dealkylation sites (tertiary alicyclic amines) is 1. The average Bonchev–Trinajstić information content (AvgIpc) is 3.49. The lowest BCUT2D eigenvalue weighted by atomic mass is 9.95. The molecule has 4 rings (SSSR count). The van der Waals surface area contributed by atoms with Gasteiger partial charge in [-0.05, 0) is 54.8 Å². The minimum Gasteiger partial charge on any atom is -0.507 e. The van der Waals surface area contributed by atoms with Crippen LogP contribution in [0.5, 0.6) is 5.75 Å². The Morgan fingerprint density at radius 2 is 1.89 bits per heavy atom. The fourth-order valence-electron chi connectivity index (χ4n) is 4.38. The van der Waals surface area contributed by atoms with Crippen molar-refractivity contribution in [2.24, 2.45) is 0 Å². The highest BCUT2D eigenvalue weighted by Gasteiger charge is 2.45. The van der Waals surface area contributed by atoms with Gasteiger partial charge in [0.1, 0.15) is 11.5 Å². The number of Topliss-reactive ketones (excluding diaryl/α,β-unsaturated/α-hetero) is 1. The van der Waals surface area contributed by atoms with Crippen LogP contribution in [0.3, 0.4) is 0 Å². The largest absolute Gasteiger partial charge is 0.507 e. The van der Waals surface area contributed by atoms with E-state index in [1.807, 2.05) is 35.0 Å². The van der Waals surface area contributed by atoms with Crippen LogP contribution in [0.2, 0.25) is 5.02 Å². The summed E-state index contributed by atoms with van der Waals surface area (Å²) in [5, 5.41) is 11.7. The quantitative estimate of drug-likeness (QED) is 0.158. The highest BCUT2D eigenvalue weighted by Crippen LogP contribution is 2.40. The van der Waals surface area contributed by atoms with Gasteiger partial charge in [0.25, 0.3) is 11.7 Å². The molecule has 1 aliphatic heterocycles. The van der Waals surface area contributed by atoms with Crippen LogP contribution in [0.1, 0.15) is 49.8 Å². The molecule has 2 heterocycles. The molecule has 36 heavy (non-hydrogen) atoms. The molecule has 7 nitrogen and oxygen atoms in total. The molecule has 0 bridgehead atoms. The Balaban J connectivity index is 1.68. The number of hydrogen-bond acceptors (Lipinski definition) is 5. The molecule has 2 aromatic carbocycles. The van der Waals surface area contributed by atoms with Crippen molar-refractivity contribution in [2.45, 2.75) is 45.2 Å². The van der Waals surface area contributed by atoms with E-state index in [1.54, 1.807) is 36.8 Å². The van der Waals surface area contributed by atoms with E-state index in [2.05, 4.69) is 11.9 Å². The van der Waals surface area contributed by atoms with Gasteiger partial charge in [0.2, 0.25) is 0 Å². The minimum absolute atomic E-state index is 0.0630. The summed E-state index contributed by atoms with van der Waals surface area (Å²) < 4.78 is 7.85. The van der Waals surface area contributed by atoms with Gasteiger partial charge in [-0.25, -0.2) is 4.98 Å². The van der Waals surface area contributed by atoms with Crippen LogP contribution in [0, 0.1) is 0 Å². The van der Waals surface area contributed by atoms with Crippen LogP contribution in [0.4, 0.5) is 0 Å². The number of amides is 1. The Kier molecular flexibility index (Phi) is 8.44. The van der Waals surface area contributed by atoms with Gasteiger partial charge in [-0.15, -0.1) is 0 Å². The third kappa shape index (κ3) is 5.79. The van der Waals surface area contributed by atoms with E-state index in [1.165, 1.54) is 4.90 Å². The van der Waals surface area contributed by atoms with E-state index in [0.717, 1.165) is 19.3 Å². The molecule has 1 aromatic heterocycles. The summed E-state index contributed by atoms with van der Waals surface area (Å²) in [7, 11) is 0. The lowest BCUT2D eigenvalue weighted by Crippen LogP contribution is -2.31. The minimum atomic E-state index is -0.734. The molecule has 1 atom stereocenters. The van der Waals surface area contributed by atoms with Crippen molar-refractivity contribution >= 4 is 29.1 Å². The summed E-state index contributed by atoms with van der Waals surface area (Å²) in [5.41, 5.74) is 1.20. The van der Waals surface area contributed by atoms with E-state index in [9.17, 15) is 14.7 Å². The maximum atomic E-state index is 13.2. The monoisotopic (exact) mass is 507 g/mol. The van der Waals surface area contributed by atoms with Gasteiger partial charge in [0.15, 0.2) is 0 Å². The van der Waals surface area contributed by atoms with E-state index >= 15 is 0 Å². The number of halogens is 1. The fraction of sp³-hybridized carbons (Fsp3) is 0.321. The SMILES string of the molecule is CCCCCOc1cccc(C2/C(=C(\O)c3ccc(Cl)cc3)C(=O)C(=O)N2CCCn2ccnc2)c1. The second-order valence-electron chi connectivity index (χ2n) is 8.78. The predicted molar refractivity (Wildman–Crippen MR) is 139 cm³/mol. The Morgan fingerprint density at radius 3 is 2.61 bits per heavy atom. The van der Waals surface area contributed by atoms with Crippen LogP contribution in [0.15, 0.2) is 72.8 Å². The Labute approximate surface area is 216 Å². The summed E-state index contributed by atoms with van der Waals surface area (Å²) in [5.74, 6) is -0.889. The van der Waals surface area contributed by atoms with Gasteiger partial charge in [-0.2, -0.15) is 0 Å². The number of aliphatic hydroxyl groups excluding tert-OH is 1. The third-order valence-corrected chi connectivity index (χ3v) is 6.47. The van der Waals surface area contributed by atoms with Crippen LogP contribution in [-0.2, 0) is 16.1 Å². The van der Waals surface area contributed by atoms with Crippen molar-refractivity contribution in [3.63, 3.8) is 0 Å². The van der Waals surface area contributed by atoms with Gasteiger partial charge in [0, 0.05) is 36.1 Å². The van der Waals surface area contributed by atoms with Gasteiger partial charge >= 0.3 is 0 Å². The van der Waals surface area contributed by atoms with Gasteiger partial charge < -0.3 is 19.3 Å². The molecule has 0 aliphatic carbocycles. The number of ether oxygens (including phenoxy) is 1. The second-order valence-corrected chi connectivity index (χ2v) is 9.22. The second kappa shape index (κ2) is 11.9. The van der Waals surface area contributed by atoms with Crippen molar-refractivity contribution in [1.82, 2.24) is 14.5 Å². The normalized spacial score (nSPS) is 17.1. The highest BCUT2D eigenvalue weighted by atomic mass is 35.5. The van der Waals surface area contributed by atoms with Gasteiger partial charge in [0.05, 0.1) is 24.5 Å². The molecule has 188 valence electrons. The zero-order chi connectivity index (χ0) is 25.5. The first-order valence-corrected chi connectivity index (χ1v) is 12.6. The molecule has 8 heteroatoms. The molecule has 0 spiro atoms. The number of ketones is 1. The number of imidazole rings is 1. The molecule has 1 fully saturated rings. The molecule has 0 radical (unpaired) electrons. The lowest BCUT2D eigenvalue weighted by Gasteiger charge is -2.26. The molecule has 1 unspecified atom stereocenters. The van der Waals surface area contributed by atoms with Crippen molar-refractivity contribution in [3.8, 4) is 5.75 Å². The van der Waals surface area contributed by atoms with Crippen LogP contribution in [0.25, 0.3) is 5.76 Å². The van der Waals surface area contributed by atoms with E-state index < -0.39 is 17.7 Å². The van der Waals surface area contributed by atoms with E-state index in [0.29, 0.717) is 48.0 Å². The number of unbranched alkanes of at least 4 members (excludes halogenated alkanes) is 2. The van der Waals surface area contributed by atoms with Crippen molar-refractivity contribution in [2.75, 3.05) is 13.2 Å². The topological polar surface area (TPSA) is 84.7 Å². The van der Waals surface area contributed by atoms with Crippen molar-refractivity contribution in [1.29, 1.82) is 0 Å². The third-order valence-electron chi connectivity index (χ3n) is 6.22. The Hall–Kier alpha value is -3.58. The number of aliphatic hydroxyl groups is 1. The first kappa shape index (κ1) is 25.5. The van der Waals surface area contributed by atoms with E-state index in [-0.39, 0.29) is 11.3 Å². The van der Waals surface area contributed by atoms with Crippen molar-refractivity contribution in [3.05, 3.63) is 89.0 Å². The fourth-order valence-corrected chi connectivity index (χ4v) is 4.51. The zero-order valence-corrected chi connectivity index (χ0v) is 21.0. The highest BCUT2D eigenvalue weighted by molar-refractivity contribution is 6.46. The Bertz CT molecular complexity index is 1220. The number of nitrogens with zero attached hydrogens (tertiary/aromatic N) is 3. The smallest absolute Gasteiger partial charge is 0.295 e. The maximum Gasteiger partial charge on any atom is 0.295 e. The molecular formula is C28H30ClN3O4. The van der Waals surface area contributed by atoms with E-state index in [4.69, 9.17) is 16.3 Å². The molecule has 1 aliphatic rings. The summed E-state index contributed by atoms with van der Waals surface area (Å²) in [4.78, 5) is 32.0. The first-order valence-electron chi connectivity index (χ1n) is 12.2. The van der Waals surface area contributed by atoms with Crippen LogP contribution < -0.4 is 4.74 Å². The van der Waals surface area contributed by atoms with Crippen LogP contribution >= 0.6 is 11.6 Å². The predicted octanol–water partition coefficient (Wildman–Crippen LogP) is 5.62. The number of hydrogen-bond donors (Lipinski definition) is 1. The summed E-state index contributed by atoms with van der Waals surface area (Å²) in [6.45, 7) is 3.71. The number of aromatic nitrogens is 2. The summed E-state index contributed by atoms with van der Waals surface area (Å²) in [6.07, 6.45) is 9.01. The summed E-state index contributed by atoms with van der Waals surface area (Å²) in [6, 6.07) is 13.2. The molecule has 3 aromatic rings. The molecule has 1 N–H and O–H groups in total. The lowest BCUT2D eigenvalue weighted by molar-refractivity contribution is -0.139. The molecular weight excluding hydrogens is 478 g/mol. The standard InChI is InChI=1S/C28H30ClN3O4/c1-2-3-4-17-36-23-8-5-7-21(18-23)25-24(26(33)20-9-11-22(29)12-10-20)27(34)28(35)32(25)15-6-14-31-16-13-30-19-31/h5,7-13,16,18-19,25,33H,2-4,6,14-15,17H2,1H3/b26-24+. The molecule has 1 amide bonds. The summed E-state index contributed by atoms with van der Waals surface area (Å²) >= 11 is 6.01. The molecule has 1 saturated heterocycles. The number of benzene rings is 2. The van der Waals surface area contributed by atoms with Gasteiger partial charge in [-0.3, -0.25) is 9.59 Å². The first-order chi connectivity index (χ1) is 17.5. The average molecular weight is 508 g/mol. The number of carbonyl (C=O) groups excluding carboxylic acids is 2. The maximum absolute atomic E-state index is 13.2. The van der Waals surface area contributed by atoms with Crippen LogP contribution in [-0.4, -0.2) is 44.4 Å². The Morgan fingerprint density at radius 1 is 1.08 bits per heavy atom. The zero-order valence-electron chi connectivity index (χ0n) is 20.3. The number of aryl methyl sites for hydroxylation is 1. The number of carbonyl (C=O) groups is 2. The van der Waals surface area contributed by atoms with Crippen molar-refractivity contribution < 1.29 is 19.4 Å².